The smallest absolute Gasteiger partial charge is 0.323 e. The van der Waals surface area contributed by atoms with E-state index >= 15 is 0 Å². The number of nitrogens with zero attached hydrogens (tertiary/aromatic N) is 1. The first-order valence-corrected chi connectivity index (χ1v) is 13.7. The van der Waals surface area contributed by atoms with Crippen molar-refractivity contribution in [2.45, 2.75) is 108 Å². The van der Waals surface area contributed by atoms with Crippen LogP contribution in [-0.2, 0) is 14.8 Å². The van der Waals surface area contributed by atoms with Crippen LogP contribution in [0.1, 0.15) is 103 Å². The van der Waals surface area contributed by atoms with E-state index < -0.39 is 21.2 Å². The SMILES string of the molecule is CCCCCCCCCCCCCCCCC(C(=O)O)S(=O)(=O)N(C)c1ccccc1. The molecule has 1 rings (SSSR count). The molecule has 0 heterocycles. The minimum absolute atomic E-state index is 0.160. The molecular weight excluding hydrogens is 410 g/mol. The van der Waals surface area contributed by atoms with Crippen LogP contribution in [0.3, 0.4) is 0 Å². The van der Waals surface area contributed by atoms with Gasteiger partial charge in [0.25, 0.3) is 0 Å². The predicted octanol–water partition coefficient (Wildman–Crippen LogP) is 6.78. The summed E-state index contributed by atoms with van der Waals surface area (Å²) in [6, 6.07) is 8.62. The topological polar surface area (TPSA) is 74.7 Å². The number of benzene rings is 1. The average Bonchev–Trinajstić information content (AvgIpc) is 2.76. The van der Waals surface area contributed by atoms with Crippen molar-refractivity contribution in [3.8, 4) is 0 Å². The fourth-order valence-corrected chi connectivity index (χ4v) is 5.42. The van der Waals surface area contributed by atoms with E-state index in [1.165, 1.54) is 71.3 Å². The zero-order chi connectivity index (χ0) is 23.0. The van der Waals surface area contributed by atoms with Crippen LogP contribution < -0.4 is 4.31 Å². The third-order valence-electron chi connectivity index (χ3n) is 5.96. The van der Waals surface area contributed by atoms with E-state index in [1.54, 1.807) is 30.3 Å². The molecule has 31 heavy (non-hydrogen) atoms. The van der Waals surface area contributed by atoms with Gasteiger partial charge in [-0.15, -0.1) is 0 Å². The van der Waals surface area contributed by atoms with Crippen LogP contribution in [-0.4, -0.2) is 31.8 Å². The number of unbranched alkanes of at least 4 members (excludes halogenated alkanes) is 13. The van der Waals surface area contributed by atoms with Gasteiger partial charge in [0, 0.05) is 7.05 Å². The Balaban J connectivity index is 2.19. The van der Waals surface area contributed by atoms with E-state index in [4.69, 9.17) is 0 Å². The maximum atomic E-state index is 12.8. The average molecular weight is 454 g/mol. The number of rotatable bonds is 19. The molecule has 0 amide bonds. The van der Waals surface area contributed by atoms with Gasteiger partial charge in [0.1, 0.15) is 0 Å². The first-order valence-electron chi connectivity index (χ1n) is 12.2. The maximum Gasteiger partial charge on any atom is 0.323 e. The molecule has 0 spiro atoms. The molecule has 1 aromatic carbocycles. The summed E-state index contributed by atoms with van der Waals surface area (Å²) >= 11 is 0. The first kappa shape index (κ1) is 27.5. The van der Waals surface area contributed by atoms with Crippen molar-refractivity contribution >= 4 is 21.7 Å². The molecule has 0 saturated heterocycles. The van der Waals surface area contributed by atoms with Crippen molar-refractivity contribution < 1.29 is 18.3 Å². The molecule has 0 radical (unpaired) electrons. The van der Waals surface area contributed by atoms with Crippen molar-refractivity contribution in [3.63, 3.8) is 0 Å². The second-order valence-electron chi connectivity index (χ2n) is 8.56. The van der Waals surface area contributed by atoms with Crippen LogP contribution in [0.15, 0.2) is 30.3 Å². The summed E-state index contributed by atoms with van der Waals surface area (Å²) < 4.78 is 26.7. The standard InChI is InChI=1S/C25H43NO4S/c1-3-4-5-6-7-8-9-10-11-12-13-14-15-19-22-24(25(27)28)31(29,30)26(2)23-20-17-16-18-21-23/h16-18,20-21,24H,3-15,19,22H2,1-2H3,(H,27,28). The van der Waals surface area contributed by atoms with Gasteiger partial charge in [-0.1, -0.05) is 115 Å². The molecule has 0 aliphatic rings. The molecule has 1 aromatic rings. The zero-order valence-corrected chi connectivity index (χ0v) is 20.4. The summed E-state index contributed by atoms with van der Waals surface area (Å²) in [5.74, 6) is -1.27. The summed E-state index contributed by atoms with van der Waals surface area (Å²) in [6.45, 7) is 2.25. The van der Waals surface area contributed by atoms with Gasteiger partial charge in [-0.3, -0.25) is 9.10 Å². The number of sulfonamides is 1. The normalized spacial score (nSPS) is 12.6. The van der Waals surface area contributed by atoms with E-state index in [0.717, 1.165) is 23.6 Å². The van der Waals surface area contributed by atoms with E-state index in [2.05, 4.69) is 6.92 Å². The van der Waals surface area contributed by atoms with Crippen molar-refractivity contribution in [2.24, 2.45) is 0 Å². The Hall–Kier alpha value is -1.56. The third kappa shape index (κ3) is 11.0. The maximum absolute atomic E-state index is 12.8. The lowest BCUT2D eigenvalue weighted by Gasteiger charge is -2.23. The number of hydrogen-bond donors (Lipinski definition) is 1. The Kier molecular flexibility index (Phi) is 14.3. The van der Waals surface area contributed by atoms with Gasteiger partial charge in [0.05, 0.1) is 5.69 Å². The van der Waals surface area contributed by atoms with Crippen LogP contribution in [0, 0.1) is 0 Å². The van der Waals surface area contributed by atoms with Crippen LogP contribution in [0.25, 0.3) is 0 Å². The molecule has 5 nitrogen and oxygen atoms in total. The van der Waals surface area contributed by atoms with Crippen LogP contribution in [0.4, 0.5) is 5.69 Å². The number of carbonyl (C=O) groups is 1. The number of carboxylic acids is 1. The number of anilines is 1. The summed E-state index contributed by atoms with van der Waals surface area (Å²) in [5, 5.41) is 8.11. The molecule has 1 atom stereocenters. The lowest BCUT2D eigenvalue weighted by molar-refractivity contribution is -0.136. The number of hydrogen-bond acceptors (Lipinski definition) is 3. The molecule has 1 unspecified atom stereocenters. The van der Waals surface area contributed by atoms with Crippen molar-refractivity contribution in [3.05, 3.63) is 30.3 Å². The molecule has 0 aliphatic carbocycles. The van der Waals surface area contributed by atoms with Gasteiger partial charge in [0.15, 0.2) is 5.25 Å². The quantitative estimate of drug-likeness (QED) is 0.234. The first-order chi connectivity index (χ1) is 14.9. The second kappa shape index (κ2) is 16.1. The van der Waals surface area contributed by atoms with Gasteiger partial charge < -0.3 is 5.11 Å². The fourth-order valence-electron chi connectivity index (χ4n) is 3.90. The Bertz CT molecular complexity index is 691. The fraction of sp³-hybridized carbons (Fsp3) is 0.720. The highest BCUT2D eigenvalue weighted by molar-refractivity contribution is 7.94. The molecule has 1 N–H and O–H groups in total. The summed E-state index contributed by atoms with van der Waals surface area (Å²) in [6.07, 6.45) is 17.1. The molecule has 0 fully saturated rings. The van der Waals surface area contributed by atoms with Crippen LogP contribution in [0.5, 0.6) is 0 Å². The Morgan fingerprint density at radius 2 is 1.23 bits per heavy atom. The second-order valence-corrected chi connectivity index (χ2v) is 10.7. The highest BCUT2D eigenvalue weighted by Crippen LogP contribution is 2.22. The van der Waals surface area contributed by atoms with Gasteiger partial charge in [-0.2, -0.15) is 0 Å². The molecule has 6 heteroatoms. The minimum Gasteiger partial charge on any atom is -0.480 e. The van der Waals surface area contributed by atoms with E-state index in [9.17, 15) is 18.3 Å². The highest BCUT2D eigenvalue weighted by atomic mass is 32.2. The van der Waals surface area contributed by atoms with E-state index in [0.29, 0.717) is 12.1 Å². The monoisotopic (exact) mass is 453 g/mol. The van der Waals surface area contributed by atoms with Crippen molar-refractivity contribution in [1.82, 2.24) is 0 Å². The Morgan fingerprint density at radius 3 is 1.65 bits per heavy atom. The Morgan fingerprint density at radius 1 is 0.806 bits per heavy atom. The third-order valence-corrected chi connectivity index (χ3v) is 8.09. The van der Waals surface area contributed by atoms with Crippen LogP contribution in [0.2, 0.25) is 0 Å². The molecule has 0 aliphatic heterocycles. The zero-order valence-electron chi connectivity index (χ0n) is 19.6. The summed E-state index contributed by atoms with van der Waals surface area (Å²) in [5.41, 5.74) is 0.481. The summed E-state index contributed by atoms with van der Waals surface area (Å²) in [7, 11) is -2.52. The largest absolute Gasteiger partial charge is 0.480 e. The lowest BCUT2D eigenvalue weighted by Crippen LogP contribution is -2.40. The minimum atomic E-state index is -3.94. The van der Waals surface area contributed by atoms with E-state index in [-0.39, 0.29) is 6.42 Å². The lowest BCUT2D eigenvalue weighted by atomic mass is 10.0. The van der Waals surface area contributed by atoms with Gasteiger partial charge in [-0.05, 0) is 18.6 Å². The molecule has 0 bridgehead atoms. The molecule has 0 saturated carbocycles. The van der Waals surface area contributed by atoms with Crippen LogP contribution >= 0.6 is 0 Å². The highest BCUT2D eigenvalue weighted by Gasteiger charge is 2.35. The summed E-state index contributed by atoms with van der Waals surface area (Å²) in [4.78, 5) is 11.6. The molecule has 0 aromatic heterocycles. The number of para-hydroxylation sites is 1. The molecular formula is C25H43NO4S. The van der Waals surface area contributed by atoms with Gasteiger partial charge >= 0.3 is 5.97 Å². The van der Waals surface area contributed by atoms with Gasteiger partial charge in [0.2, 0.25) is 10.0 Å². The number of carboxylic acid groups (broad SMARTS) is 1. The molecule has 178 valence electrons. The van der Waals surface area contributed by atoms with E-state index in [1.807, 2.05) is 0 Å². The van der Waals surface area contributed by atoms with Crippen molar-refractivity contribution in [1.29, 1.82) is 0 Å². The Labute approximate surface area is 190 Å². The number of aliphatic carboxylic acids is 1. The van der Waals surface area contributed by atoms with Crippen molar-refractivity contribution in [2.75, 3.05) is 11.4 Å². The predicted molar refractivity (Wildman–Crippen MR) is 130 cm³/mol. The van der Waals surface area contributed by atoms with Gasteiger partial charge in [-0.25, -0.2) is 8.42 Å².